The molecule has 0 aliphatic heterocycles. The lowest BCUT2D eigenvalue weighted by atomic mass is 9.89. The fourth-order valence-corrected chi connectivity index (χ4v) is 6.22. The van der Waals surface area contributed by atoms with Gasteiger partial charge in [-0.05, 0) is 73.1 Å². The van der Waals surface area contributed by atoms with Crippen LogP contribution < -0.4 is 19.1 Å². The van der Waals surface area contributed by atoms with E-state index in [4.69, 9.17) is 9.47 Å². The number of benzene rings is 3. The van der Waals surface area contributed by atoms with Crippen molar-refractivity contribution >= 4 is 21.6 Å². The quantitative estimate of drug-likeness (QED) is 0.403. The molecule has 1 aliphatic rings. The first-order chi connectivity index (χ1) is 17.9. The minimum absolute atomic E-state index is 0.0781. The second-order valence-electron chi connectivity index (χ2n) is 9.13. The zero-order valence-electron chi connectivity index (χ0n) is 21.6. The maximum absolute atomic E-state index is 13.8. The Morgan fingerprint density at radius 2 is 1.68 bits per heavy atom. The number of fused-ring (bicyclic) bond motifs is 1. The summed E-state index contributed by atoms with van der Waals surface area (Å²) >= 11 is 0. The van der Waals surface area contributed by atoms with Crippen molar-refractivity contribution in [3.05, 3.63) is 83.4 Å². The average Bonchev–Trinajstić information content (AvgIpc) is 2.94. The van der Waals surface area contributed by atoms with Crippen molar-refractivity contribution in [1.82, 2.24) is 5.32 Å². The lowest BCUT2D eigenvalue weighted by molar-refractivity contribution is -0.120. The minimum atomic E-state index is -4.09. The Labute approximate surface area is 219 Å². The molecule has 0 radical (unpaired) electrons. The van der Waals surface area contributed by atoms with Gasteiger partial charge in [-0.15, -0.1) is 0 Å². The van der Waals surface area contributed by atoms with Crippen LogP contribution >= 0.6 is 0 Å². The van der Waals surface area contributed by atoms with E-state index in [1.807, 2.05) is 6.92 Å². The number of methoxy groups -OCH3 is 2. The number of aryl methyl sites for hydroxylation is 2. The lowest BCUT2D eigenvalue weighted by Crippen LogP contribution is -2.42. The Morgan fingerprint density at radius 1 is 0.946 bits per heavy atom. The second kappa shape index (κ2) is 11.7. The Bertz CT molecular complexity index is 1340. The van der Waals surface area contributed by atoms with Crippen molar-refractivity contribution in [2.45, 2.75) is 50.0 Å². The van der Waals surface area contributed by atoms with Crippen molar-refractivity contribution in [2.24, 2.45) is 0 Å². The van der Waals surface area contributed by atoms with Crippen LogP contribution in [0.25, 0.3) is 0 Å². The van der Waals surface area contributed by atoms with Gasteiger partial charge in [0, 0.05) is 6.07 Å². The molecule has 3 aromatic rings. The Kier molecular flexibility index (Phi) is 8.38. The SMILES string of the molecule is CC[C@@H](NC(=O)CN(c1cc(OC)ccc1OC)S(=O)(=O)c1ccccc1)c1ccc2c(c1)CCCC2. The maximum Gasteiger partial charge on any atom is 0.264 e. The van der Waals surface area contributed by atoms with E-state index in [0.29, 0.717) is 17.9 Å². The van der Waals surface area contributed by atoms with Gasteiger partial charge in [0.2, 0.25) is 5.91 Å². The molecule has 0 spiro atoms. The van der Waals surface area contributed by atoms with E-state index in [0.717, 1.165) is 22.7 Å². The number of carbonyl (C=O) groups is 1. The molecule has 0 heterocycles. The van der Waals surface area contributed by atoms with Gasteiger partial charge in [-0.25, -0.2) is 8.42 Å². The number of hydrogen-bond donors (Lipinski definition) is 1. The van der Waals surface area contributed by atoms with Gasteiger partial charge in [-0.2, -0.15) is 0 Å². The third kappa shape index (κ3) is 5.91. The molecule has 0 aromatic heterocycles. The molecule has 1 N–H and O–H groups in total. The third-order valence-electron chi connectivity index (χ3n) is 6.79. The zero-order chi connectivity index (χ0) is 26.4. The monoisotopic (exact) mass is 522 g/mol. The van der Waals surface area contributed by atoms with Gasteiger partial charge in [-0.3, -0.25) is 9.10 Å². The van der Waals surface area contributed by atoms with Crippen LogP contribution in [0.15, 0.2) is 71.6 Å². The largest absolute Gasteiger partial charge is 0.497 e. The number of sulfonamides is 1. The fourth-order valence-electron chi connectivity index (χ4n) is 4.77. The number of rotatable bonds is 10. The lowest BCUT2D eigenvalue weighted by Gasteiger charge is -2.27. The molecule has 1 atom stereocenters. The standard InChI is InChI=1S/C29H34N2O5S/c1-4-26(23-15-14-21-10-8-9-11-22(21)18-23)30-29(32)20-31(37(33,34)25-12-6-5-7-13-25)27-19-24(35-2)16-17-28(27)36-3/h5-7,12-19,26H,4,8-11,20H2,1-3H3,(H,30,32)/t26-/m1/s1. The van der Waals surface area contributed by atoms with Crippen LogP contribution in [-0.2, 0) is 27.7 Å². The van der Waals surface area contributed by atoms with Crippen LogP contribution in [-0.4, -0.2) is 35.1 Å². The van der Waals surface area contributed by atoms with Crippen LogP contribution in [0.5, 0.6) is 11.5 Å². The first kappa shape index (κ1) is 26.5. The zero-order valence-corrected chi connectivity index (χ0v) is 22.4. The van der Waals surface area contributed by atoms with Gasteiger partial charge in [0.15, 0.2) is 0 Å². The van der Waals surface area contributed by atoms with Gasteiger partial charge in [0.25, 0.3) is 10.0 Å². The molecule has 8 heteroatoms. The summed E-state index contributed by atoms with van der Waals surface area (Å²) in [6, 6.07) is 19.1. The number of anilines is 1. The van der Waals surface area contributed by atoms with Crippen LogP contribution in [0.1, 0.15) is 48.9 Å². The van der Waals surface area contributed by atoms with E-state index in [1.165, 1.54) is 50.3 Å². The predicted molar refractivity (Wildman–Crippen MR) is 145 cm³/mol. The van der Waals surface area contributed by atoms with Crippen molar-refractivity contribution in [3.63, 3.8) is 0 Å². The summed E-state index contributed by atoms with van der Waals surface area (Å²) in [5.41, 5.74) is 3.97. The summed E-state index contributed by atoms with van der Waals surface area (Å²) in [5, 5.41) is 3.06. The van der Waals surface area contributed by atoms with Gasteiger partial charge >= 0.3 is 0 Å². The van der Waals surface area contributed by atoms with Crippen LogP contribution in [0.3, 0.4) is 0 Å². The molecule has 1 aliphatic carbocycles. The number of carbonyl (C=O) groups excluding carboxylic acids is 1. The molecule has 0 unspecified atom stereocenters. The minimum Gasteiger partial charge on any atom is -0.497 e. The molecule has 0 fully saturated rings. The molecule has 4 rings (SSSR count). The molecule has 196 valence electrons. The molecule has 7 nitrogen and oxygen atoms in total. The number of ether oxygens (including phenoxy) is 2. The molecule has 1 amide bonds. The third-order valence-corrected chi connectivity index (χ3v) is 8.57. The van der Waals surface area contributed by atoms with E-state index in [2.05, 4.69) is 23.5 Å². The fraction of sp³-hybridized carbons (Fsp3) is 0.345. The van der Waals surface area contributed by atoms with E-state index in [9.17, 15) is 13.2 Å². The highest BCUT2D eigenvalue weighted by atomic mass is 32.2. The normalized spacial score (nSPS) is 13.8. The second-order valence-corrected chi connectivity index (χ2v) is 11.0. The predicted octanol–water partition coefficient (Wildman–Crippen LogP) is 5.05. The first-order valence-corrected chi connectivity index (χ1v) is 14.0. The molecular weight excluding hydrogens is 488 g/mol. The molecular formula is C29H34N2O5S. The van der Waals surface area contributed by atoms with E-state index < -0.39 is 22.5 Å². The highest BCUT2D eigenvalue weighted by Gasteiger charge is 2.30. The summed E-state index contributed by atoms with van der Waals surface area (Å²) in [4.78, 5) is 13.5. The Hall–Kier alpha value is -3.52. The van der Waals surface area contributed by atoms with Gasteiger partial charge in [0.05, 0.1) is 30.8 Å². The number of nitrogens with one attached hydrogen (secondary N) is 1. The Morgan fingerprint density at radius 3 is 2.35 bits per heavy atom. The van der Waals surface area contributed by atoms with Gasteiger partial charge in [-0.1, -0.05) is 43.3 Å². The summed E-state index contributed by atoms with van der Waals surface area (Å²) in [6.07, 6.45) is 5.20. The van der Waals surface area contributed by atoms with Crippen molar-refractivity contribution in [1.29, 1.82) is 0 Å². The van der Waals surface area contributed by atoms with Crippen LogP contribution in [0.2, 0.25) is 0 Å². The molecule has 3 aromatic carbocycles. The average molecular weight is 523 g/mol. The van der Waals surface area contributed by atoms with Gasteiger partial charge < -0.3 is 14.8 Å². The van der Waals surface area contributed by atoms with Crippen LogP contribution in [0.4, 0.5) is 5.69 Å². The summed E-state index contributed by atoms with van der Waals surface area (Å²) < 4.78 is 39.4. The Balaban J connectivity index is 1.66. The summed E-state index contributed by atoms with van der Waals surface area (Å²) in [5.74, 6) is 0.355. The summed E-state index contributed by atoms with van der Waals surface area (Å²) in [6.45, 7) is 1.59. The van der Waals surface area contributed by atoms with Crippen LogP contribution in [0, 0.1) is 0 Å². The molecule has 0 saturated heterocycles. The number of hydrogen-bond acceptors (Lipinski definition) is 5. The van der Waals surface area contributed by atoms with E-state index in [1.54, 1.807) is 36.4 Å². The highest BCUT2D eigenvalue weighted by Crippen LogP contribution is 2.35. The van der Waals surface area contributed by atoms with Crippen molar-refractivity contribution in [3.8, 4) is 11.5 Å². The number of amides is 1. The van der Waals surface area contributed by atoms with Crippen molar-refractivity contribution in [2.75, 3.05) is 25.1 Å². The van der Waals surface area contributed by atoms with Gasteiger partial charge in [0.1, 0.15) is 18.0 Å². The maximum atomic E-state index is 13.8. The molecule has 0 bridgehead atoms. The number of nitrogens with zero attached hydrogens (tertiary/aromatic N) is 1. The highest BCUT2D eigenvalue weighted by molar-refractivity contribution is 7.92. The molecule has 37 heavy (non-hydrogen) atoms. The summed E-state index contributed by atoms with van der Waals surface area (Å²) in [7, 11) is -1.13. The smallest absolute Gasteiger partial charge is 0.264 e. The molecule has 0 saturated carbocycles. The van der Waals surface area contributed by atoms with Crippen molar-refractivity contribution < 1.29 is 22.7 Å². The first-order valence-electron chi connectivity index (χ1n) is 12.6. The van der Waals surface area contributed by atoms with E-state index in [-0.39, 0.29) is 16.6 Å². The van der Waals surface area contributed by atoms with E-state index >= 15 is 0 Å². The topological polar surface area (TPSA) is 84.9 Å².